The number of H-pyrrole nitrogens is 1. The topological polar surface area (TPSA) is 97.5 Å². The number of nitrogens with one attached hydrogen (secondary N) is 2. The first kappa shape index (κ1) is 22.5. The Morgan fingerprint density at radius 3 is 2.48 bits per heavy atom. The zero-order chi connectivity index (χ0) is 21.2. The van der Waals surface area contributed by atoms with Crippen molar-refractivity contribution in [1.82, 2.24) is 10.3 Å². The van der Waals surface area contributed by atoms with Gasteiger partial charge in [0.15, 0.2) is 6.61 Å². The fourth-order valence-corrected chi connectivity index (χ4v) is 3.56. The van der Waals surface area contributed by atoms with E-state index in [1.807, 2.05) is 18.2 Å². The number of thioether (sulfide) groups is 1. The molecule has 2 aromatic rings. The molecule has 7 nitrogen and oxygen atoms in total. The number of benzene rings is 1. The molecule has 0 radical (unpaired) electrons. The highest BCUT2D eigenvalue weighted by atomic mass is 32.2. The van der Waals surface area contributed by atoms with E-state index >= 15 is 0 Å². The van der Waals surface area contributed by atoms with Gasteiger partial charge in [0.2, 0.25) is 0 Å². The van der Waals surface area contributed by atoms with Gasteiger partial charge in [0.25, 0.3) is 5.91 Å². The predicted octanol–water partition coefficient (Wildman–Crippen LogP) is 3.01. The SMILES string of the molecule is CCOC(=O)c1[nH]c(C)c(C(=O)OCC(=O)NCCSCc2ccccc2)c1C. The number of amides is 1. The molecule has 29 heavy (non-hydrogen) atoms. The number of esters is 2. The Bertz CT molecular complexity index is 848. The second-order valence-corrected chi connectivity index (χ2v) is 7.41. The van der Waals surface area contributed by atoms with Crippen LogP contribution >= 0.6 is 11.8 Å². The molecule has 0 saturated carbocycles. The molecule has 0 saturated heterocycles. The van der Waals surface area contributed by atoms with Crippen molar-refractivity contribution < 1.29 is 23.9 Å². The number of rotatable bonds is 10. The van der Waals surface area contributed by atoms with Crippen LogP contribution in [0.5, 0.6) is 0 Å². The summed E-state index contributed by atoms with van der Waals surface area (Å²) in [5.41, 5.74) is 2.64. The van der Waals surface area contributed by atoms with Crippen LogP contribution in [0.3, 0.4) is 0 Å². The standard InChI is InChI=1S/C21H26N2O5S/c1-4-27-21(26)19-14(2)18(15(3)23-19)20(25)28-12-17(24)22-10-11-29-13-16-8-6-5-7-9-16/h5-9,23H,4,10-13H2,1-3H3,(H,22,24). The largest absolute Gasteiger partial charge is 0.461 e. The average molecular weight is 419 g/mol. The smallest absolute Gasteiger partial charge is 0.355 e. The van der Waals surface area contributed by atoms with E-state index in [0.717, 1.165) is 11.5 Å². The molecule has 156 valence electrons. The summed E-state index contributed by atoms with van der Waals surface area (Å²) in [4.78, 5) is 39.0. The molecule has 0 aliphatic rings. The van der Waals surface area contributed by atoms with Crippen molar-refractivity contribution in [3.63, 3.8) is 0 Å². The Morgan fingerprint density at radius 1 is 1.07 bits per heavy atom. The summed E-state index contributed by atoms with van der Waals surface area (Å²) in [7, 11) is 0. The van der Waals surface area contributed by atoms with Gasteiger partial charge in [-0.3, -0.25) is 4.79 Å². The van der Waals surface area contributed by atoms with Crippen LogP contribution in [0.25, 0.3) is 0 Å². The van der Waals surface area contributed by atoms with Gasteiger partial charge in [0.1, 0.15) is 5.69 Å². The van der Waals surface area contributed by atoms with Gasteiger partial charge in [-0.1, -0.05) is 30.3 Å². The molecule has 0 atom stereocenters. The van der Waals surface area contributed by atoms with E-state index in [2.05, 4.69) is 22.4 Å². The van der Waals surface area contributed by atoms with Crippen LogP contribution in [0.4, 0.5) is 0 Å². The lowest BCUT2D eigenvalue weighted by Gasteiger charge is -2.07. The van der Waals surface area contributed by atoms with Crippen molar-refractivity contribution in [2.75, 3.05) is 25.5 Å². The van der Waals surface area contributed by atoms with E-state index in [-0.39, 0.29) is 30.4 Å². The summed E-state index contributed by atoms with van der Waals surface area (Å²) in [6.07, 6.45) is 0. The molecule has 0 unspecified atom stereocenters. The van der Waals surface area contributed by atoms with Gasteiger partial charge in [-0.25, -0.2) is 9.59 Å². The summed E-state index contributed by atoms with van der Waals surface area (Å²) in [5, 5.41) is 2.73. The van der Waals surface area contributed by atoms with Crippen molar-refractivity contribution in [2.24, 2.45) is 0 Å². The van der Waals surface area contributed by atoms with Crippen LogP contribution in [0.1, 0.15) is 44.6 Å². The van der Waals surface area contributed by atoms with Gasteiger partial charge in [-0.2, -0.15) is 11.8 Å². The van der Waals surface area contributed by atoms with E-state index in [9.17, 15) is 14.4 Å². The molecule has 1 heterocycles. The Labute approximate surface area is 174 Å². The second-order valence-electron chi connectivity index (χ2n) is 6.31. The van der Waals surface area contributed by atoms with E-state index in [4.69, 9.17) is 9.47 Å². The summed E-state index contributed by atoms with van der Waals surface area (Å²) in [5.74, 6) is 0.0852. The first-order valence-electron chi connectivity index (χ1n) is 9.35. The van der Waals surface area contributed by atoms with Crippen molar-refractivity contribution in [1.29, 1.82) is 0 Å². The molecule has 0 aliphatic carbocycles. The Morgan fingerprint density at radius 2 is 1.79 bits per heavy atom. The lowest BCUT2D eigenvalue weighted by atomic mass is 10.1. The van der Waals surface area contributed by atoms with Crippen molar-refractivity contribution in [3.8, 4) is 0 Å². The summed E-state index contributed by atoms with van der Waals surface area (Å²) < 4.78 is 10.1. The van der Waals surface area contributed by atoms with Crippen LogP contribution in [-0.4, -0.2) is 48.3 Å². The number of aromatic amines is 1. The lowest BCUT2D eigenvalue weighted by molar-refractivity contribution is -0.124. The van der Waals surface area contributed by atoms with Crippen LogP contribution in [0, 0.1) is 13.8 Å². The zero-order valence-corrected chi connectivity index (χ0v) is 17.7. The molecule has 1 aromatic carbocycles. The maximum absolute atomic E-state index is 12.3. The van der Waals surface area contributed by atoms with Crippen LogP contribution in [0.15, 0.2) is 30.3 Å². The van der Waals surface area contributed by atoms with Crippen LogP contribution < -0.4 is 5.32 Å². The normalized spacial score (nSPS) is 10.4. The second kappa shape index (κ2) is 11.3. The van der Waals surface area contributed by atoms with E-state index in [1.54, 1.807) is 32.5 Å². The molecule has 8 heteroatoms. The Hall–Kier alpha value is -2.74. The number of carbonyl (C=O) groups is 3. The Kier molecular flexibility index (Phi) is 8.79. The highest BCUT2D eigenvalue weighted by molar-refractivity contribution is 7.98. The molecule has 1 aromatic heterocycles. The Balaban J connectivity index is 1.74. The van der Waals surface area contributed by atoms with Gasteiger partial charge in [-0.15, -0.1) is 0 Å². The van der Waals surface area contributed by atoms with E-state index in [1.165, 1.54) is 5.56 Å². The first-order chi connectivity index (χ1) is 13.9. The number of ether oxygens (including phenoxy) is 2. The summed E-state index contributed by atoms with van der Waals surface area (Å²) >= 11 is 1.71. The number of aromatic nitrogens is 1. The monoisotopic (exact) mass is 418 g/mol. The number of hydrogen-bond donors (Lipinski definition) is 2. The van der Waals surface area contributed by atoms with Crippen molar-refractivity contribution in [2.45, 2.75) is 26.5 Å². The average Bonchev–Trinajstić information content (AvgIpc) is 3.01. The molecular formula is C21H26N2O5S. The maximum atomic E-state index is 12.3. The highest BCUT2D eigenvalue weighted by Gasteiger charge is 2.24. The predicted molar refractivity (Wildman–Crippen MR) is 112 cm³/mol. The fraction of sp³-hybridized carbons (Fsp3) is 0.381. The summed E-state index contributed by atoms with van der Waals surface area (Å²) in [6.45, 7) is 5.35. The van der Waals surface area contributed by atoms with Crippen LogP contribution in [0.2, 0.25) is 0 Å². The first-order valence-corrected chi connectivity index (χ1v) is 10.5. The quantitative estimate of drug-likeness (QED) is 0.455. The van der Waals surface area contributed by atoms with Gasteiger partial charge < -0.3 is 19.8 Å². The van der Waals surface area contributed by atoms with Gasteiger partial charge >= 0.3 is 11.9 Å². The van der Waals surface area contributed by atoms with Crippen molar-refractivity contribution >= 4 is 29.6 Å². The minimum Gasteiger partial charge on any atom is -0.461 e. The maximum Gasteiger partial charge on any atom is 0.355 e. The third-order valence-electron chi connectivity index (χ3n) is 4.14. The van der Waals surface area contributed by atoms with E-state index < -0.39 is 11.9 Å². The molecule has 0 aliphatic heterocycles. The molecule has 2 rings (SSSR count). The molecule has 0 bridgehead atoms. The molecule has 0 spiro atoms. The zero-order valence-electron chi connectivity index (χ0n) is 16.9. The molecule has 2 N–H and O–H groups in total. The molecule has 0 fully saturated rings. The molecular weight excluding hydrogens is 392 g/mol. The third-order valence-corrected chi connectivity index (χ3v) is 5.17. The van der Waals surface area contributed by atoms with Gasteiger partial charge in [-0.05, 0) is 31.9 Å². The van der Waals surface area contributed by atoms with Crippen LogP contribution in [-0.2, 0) is 20.0 Å². The number of hydrogen-bond acceptors (Lipinski definition) is 6. The molecule has 1 amide bonds. The van der Waals surface area contributed by atoms with Gasteiger partial charge in [0, 0.05) is 23.7 Å². The summed E-state index contributed by atoms with van der Waals surface area (Å²) in [6, 6.07) is 10.1. The van der Waals surface area contributed by atoms with E-state index in [0.29, 0.717) is 17.8 Å². The van der Waals surface area contributed by atoms with Gasteiger partial charge in [0.05, 0.1) is 12.2 Å². The highest BCUT2D eigenvalue weighted by Crippen LogP contribution is 2.19. The minimum absolute atomic E-state index is 0.219. The lowest BCUT2D eigenvalue weighted by Crippen LogP contribution is -2.30. The fourth-order valence-electron chi connectivity index (χ4n) is 2.74. The minimum atomic E-state index is -0.652. The number of aryl methyl sites for hydroxylation is 1. The number of carbonyl (C=O) groups excluding carboxylic acids is 3. The van der Waals surface area contributed by atoms with Crippen molar-refractivity contribution in [3.05, 3.63) is 58.4 Å². The third kappa shape index (κ3) is 6.67.